The molecule has 4 atom stereocenters. The highest BCUT2D eigenvalue weighted by atomic mass is 16.5. The summed E-state index contributed by atoms with van der Waals surface area (Å²) in [5.41, 5.74) is 4.08. The monoisotopic (exact) mass is 219 g/mol. The second-order valence-electron chi connectivity index (χ2n) is 4.70. The predicted molar refractivity (Wildman–Crippen MR) is 60.3 cm³/mol. The van der Waals surface area contributed by atoms with Gasteiger partial charge in [-0.3, -0.25) is 16.3 Å². The number of rotatable bonds is 3. The van der Waals surface area contributed by atoms with Crippen molar-refractivity contribution in [3.63, 3.8) is 0 Å². The van der Waals surface area contributed by atoms with Crippen LogP contribution in [0.1, 0.15) is 30.9 Å². The van der Waals surface area contributed by atoms with Gasteiger partial charge in [-0.15, -0.1) is 0 Å². The van der Waals surface area contributed by atoms with E-state index in [0.29, 0.717) is 18.1 Å². The van der Waals surface area contributed by atoms with Gasteiger partial charge in [0.15, 0.2) is 0 Å². The number of hydrogen-bond donors (Lipinski definition) is 2. The smallest absolute Gasteiger partial charge is 0.0627 e. The van der Waals surface area contributed by atoms with Crippen LogP contribution in [-0.4, -0.2) is 17.2 Å². The van der Waals surface area contributed by atoms with Crippen LogP contribution in [0.25, 0.3) is 0 Å². The number of nitrogens with zero attached hydrogens (tertiary/aromatic N) is 1. The highest BCUT2D eigenvalue weighted by molar-refractivity contribution is 5.16. The van der Waals surface area contributed by atoms with Gasteiger partial charge in [0.05, 0.1) is 18.2 Å². The van der Waals surface area contributed by atoms with E-state index in [0.717, 1.165) is 12.0 Å². The Balaban J connectivity index is 1.81. The molecular weight excluding hydrogens is 202 g/mol. The second kappa shape index (κ2) is 4.13. The lowest BCUT2D eigenvalue weighted by molar-refractivity contribution is 0.0856. The van der Waals surface area contributed by atoms with E-state index in [1.165, 1.54) is 12.8 Å². The summed E-state index contributed by atoms with van der Waals surface area (Å²) in [4.78, 5) is 4.15. The third kappa shape index (κ3) is 1.63. The molecule has 0 amide bonds. The first-order valence-electron chi connectivity index (χ1n) is 5.90. The fraction of sp³-hybridized carbons (Fsp3) is 0.583. The van der Waals surface area contributed by atoms with Crippen LogP contribution < -0.4 is 11.3 Å². The van der Waals surface area contributed by atoms with Crippen molar-refractivity contribution < 1.29 is 4.74 Å². The second-order valence-corrected chi connectivity index (χ2v) is 4.70. The van der Waals surface area contributed by atoms with Gasteiger partial charge in [0.1, 0.15) is 0 Å². The van der Waals surface area contributed by atoms with Crippen molar-refractivity contribution in [2.45, 2.75) is 37.5 Å². The number of nitrogens with two attached hydrogens (primary N) is 1. The molecule has 4 unspecified atom stereocenters. The molecule has 3 N–H and O–H groups in total. The molecule has 2 bridgehead atoms. The summed E-state index contributed by atoms with van der Waals surface area (Å²) in [6.07, 6.45) is 8.02. The van der Waals surface area contributed by atoms with E-state index in [-0.39, 0.29) is 6.04 Å². The number of hydrazine groups is 1. The maximum atomic E-state index is 5.87. The highest BCUT2D eigenvalue weighted by Gasteiger charge is 2.44. The molecule has 3 heterocycles. The van der Waals surface area contributed by atoms with Crippen LogP contribution in [0.15, 0.2) is 24.5 Å². The summed E-state index contributed by atoms with van der Waals surface area (Å²) in [6.45, 7) is 0. The molecule has 0 radical (unpaired) electrons. The fourth-order valence-corrected chi connectivity index (χ4v) is 3.05. The van der Waals surface area contributed by atoms with Gasteiger partial charge in [-0.05, 0) is 30.9 Å². The van der Waals surface area contributed by atoms with Gasteiger partial charge in [0.25, 0.3) is 0 Å². The Labute approximate surface area is 95.2 Å². The maximum absolute atomic E-state index is 5.87. The molecule has 4 nitrogen and oxygen atoms in total. The molecule has 0 spiro atoms. The number of ether oxygens (including phenoxy) is 1. The Bertz CT molecular complexity index is 357. The predicted octanol–water partition coefficient (Wildman–Crippen LogP) is 1.15. The van der Waals surface area contributed by atoms with Crippen molar-refractivity contribution in [3.8, 4) is 0 Å². The Morgan fingerprint density at radius 2 is 2.44 bits per heavy atom. The van der Waals surface area contributed by atoms with Crippen LogP contribution in [0.4, 0.5) is 0 Å². The van der Waals surface area contributed by atoms with Gasteiger partial charge < -0.3 is 4.74 Å². The first kappa shape index (κ1) is 10.2. The summed E-state index contributed by atoms with van der Waals surface area (Å²) in [5.74, 6) is 6.18. The average Bonchev–Trinajstić information content (AvgIpc) is 2.94. The summed E-state index contributed by atoms with van der Waals surface area (Å²) in [7, 11) is 0. The van der Waals surface area contributed by atoms with E-state index >= 15 is 0 Å². The minimum atomic E-state index is 0.170. The summed E-state index contributed by atoms with van der Waals surface area (Å²) in [6, 6.07) is 4.20. The maximum Gasteiger partial charge on any atom is 0.0627 e. The molecule has 1 aromatic rings. The van der Waals surface area contributed by atoms with Gasteiger partial charge >= 0.3 is 0 Å². The van der Waals surface area contributed by atoms with Gasteiger partial charge in [-0.1, -0.05) is 6.07 Å². The average molecular weight is 219 g/mol. The van der Waals surface area contributed by atoms with Gasteiger partial charge in [0.2, 0.25) is 0 Å². The number of nitrogens with one attached hydrogen (secondary N) is 1. The molecule has 2 fully saturated rings. The zero-order valence-electron chi connectivity index (χ0n) is 9.17. The molecule has 1 aromatic heterocycles. The third-order valence-corrected chi connectivity index (χ3v) is 3.80. The Hall–Kier alpha value is -0.970. The quantitative estimate of drug-likeness (QED) is 0.591. The van der Waals surface area contributed by atoms with E-state index in [2.05, 4.69) is 16.5 Å². The lowest BCUT2D eigenvalue weighted by Gasteiger charge is -2.27. The Kier molecular flexibility index (Phi) is 2.63. The normalized spacial score (nSPS) is 34.2. The molecule has 4 heteroatoms. The van der Waals surface area contributed by atoms with E-state index in [1.54, 1.807) is 6.20 Å². The van der Waals surface area contributed by atoms with Crippen LogP contribution >= 0.6 is 0 Å². The number of aromatic nitrogens is 1. The van der Waals surface area contributed by atoms with Crippen LogP contribution in [0.3, 0.4) is 0 Å². The topological polar surface area (TPSA) is 60.2 Å². The Morgan fingerprint density at radius 1 is 1.50 bits per heavy atom. The van der Waals surface area contributed by atoms with E-state index in [4.69, 9.17) is 10.6 Å². The number of pyridine rings is 1. The minimum Gasteiger partial charge on any atom is -0.375 e. The molecule has 2 aliphatic heterocycles. The highest BCUT2D eigenvalue weighted by Crippen LogP contribution is 2.44. The standard InChI is InChI=1S/C12H17N3O/c13-15-12(8-2-1-5-14-7-8)10-6-9-3-4-11(10)16-9/h1-2,5,7,9-12,15H,3-4,6,13H2. The molecule has 2 saturated heterocycles. The first-order chi connectivity index (χ1) is 7.88. The van der Waals surface area contributed by atoms with Crippen molar-refractivity contribution in [2.24, 2.45) is 11.8 Å². The fourth-order valence-electron chi connectivity index (χ4n) is 3.05. The van der Waals surface area contributed by atoms with Crippen LogP contribution in [0, 0.1) is 5.92 Å². The first-order valence-corrected chi connectivity index (χ1v) is 5.90. The van der Waals surface area contributed by atoms with Crippen LogP contribution in [0.5, 0.6) is 0 Å². The summed E-state index contributed by atoms with van der Waals surface area (Å²) in [5, 5.41) is 0. The van der Waals surface area contributed by atoms with E-state index in [9.17, 15) is 0 Å². The molecule has 3 rings (SSSR count). The van der Waals surface area contributed by atoms with Gasteiger partial charge in [-0.25, -0.2) is 0 Å². The molecule has 2 aliphatic rings. The zero-order valence-corrected chi connectivity index (χ0v) is 9.17. The van der Waals surface area contributed by atoms with E-state index in [1.807, 2.05) is 12.3 Å². The van der Waals surface area contributed by atoms with Gasteiger partial charge in [-0.2, -0.15) is 0 Å². The summed E-state index contributed by atoms with van der Waals surface area (Å²) >= 11 is 0. The minimum absolute atomic E-state index is 0.170. The molecule has 0 aliphatic carbocycles. The summed E-state index contributed by atoms with van der Waals surface area (Å²) < 4.78 is 5.87. The van der Waals surface area contributed by atoms with Crippen molar-refractivity contribution in [1.29, 1.82) is 0 Å². The van der Waals surface area contributed by atoms with Crippen molar-refractivity contribution in [1.82, 2.24) is 10.4 Å². The number of fused-ring (bicyclic) bond motifs is 2. The number of hydrogen-bond acceptors (Lipinski definition) is 4. The van der Waals surface area contributed by atoms with Gasteiger partial charge in [0, 0.05) is 18.3 Å². The Morgan fingerprint density at radius 3 is 3.00 bits per heavy atom. The molecule has 0 saturated carbocycles. The molecule has 16 heavy (non-hydrogen) atoms. The SMILES string of the molecule is NNC(c1cccnc1)C1CC2CCC1O2. The largest absolute Gasteiger partial charge is 0.375 e. The lowest BCUT2D eigenvalue weighted by Crippen LogP contribution is -2.37. The molecular formula is C12H17N3O. The zero-order chi connectivity index (χ0) is 11.0. The van der Waals surface area contributed by atoms with Crippen molar-refractivity contribution in [2.75, 3.05) is 0 Å². The third-order valence-electron chi connectivity index (χ3n) is 3.80. The van der Waals surface area contributed by atoms with Crippen molar-refractivity contribution >= 4 is 0 Å². The molecule has 0 aromatic carbocycles. The van der Waals surface area contributed by atoms with E-state index < -0.39 is 0 Å². The lowest BCUT2D eigenvalue weighted by atomic mass is 9.82. The van der Waals surface area contributed by atoms with Crippen LogP contribution in [0.2, 0.25) is 0 Å². The molecule has 86 valence electrons. The van der Waals surface area contributed by atoms with Crippen LogP contribution in [-0.2, 0) is 4.74 Å². The van der Waals surface area contributed by atoms with Crippen molar-refractivity contribution in [3.05, 3.63) is 30.1 Å².